The van der Waals surface area contributed by atoms with E-state index in [0.29, 0.717) is 10.8 Å². The van der Waals surface area contributed by atoms with Crippen LogP contribution >= 0.6 is 0 Å². The van der Waals surface area contributed by atoms with Gasteiger partial charge in [0.05, 0.1) is 0 Å². The van der Waals surface area contributed by atoms with E-state index in [-0.39, 0.29) is 5.60 Å². The van der Waals surface area contributed by atoms with Gasteiger partial charge in [-0.15, -0.1) is 0 Å². The fourth-order valence-electron chi connectivity index (χ4n) is 4.46. The second-order valence-electron chi connectivity index (χ2n) is 9.79. The maximum atomic E-state index is 9.67. The average molecular weight is 309 g/mol. The Morgan fingerprint density at radius 2 is 1.50 bits per heavy atom. The van der Waals surface area contributed by atoms with Crippen LogP contribution in [0.2, 0.25) is 0 Å². The van der Waals surface area contributed by atoms with Gasteiger partial charge in [-0.25, -0.2) is 4.89 Å². The van der Waals surface area contributed by atoms with E-state index < -0.39 is 0 Å². The average Bonchev–Trinajstić information content (AvgIpc) is 2.45. The van der Waals surface area contributed by atoms with Crippen molar-refractivity contribution in [2.24, 2.45) is 22.7 Å². The molecule has 1 N–H and O–H groups in total. The van der Waals surface area contributed by atoms with Crippen molar-refractivity contribution < 1.29 is 10.1 Å². The molecule has 0 spiro atoms. The number of hydrogen-bond acceptors (Lipinski definition) is 2. The Labute approximate surface area is 137 Å². The molecule has 2 aliphatic carbocycles. The Bertz CT molecular complexity index is 400. The van der Waals surface area contributed by atoms with E-state index in [1.165, 1.54) is 12.0 Å². The molecule has 1 atom stereocenters. The van der Waals surface area contributed by atoms with Crippen LogP contribution in [-0.4, -0.2) is 10.9 Å². The molecule has 0 saturated heterocycles. The van der Waals surface area contributed by atoms with Gasteiger partial charge in [-0.2, -0.15) is 0 Å². The van der Waals surface area contributed by atoms with Gasteiger partial charge in [0, 0.05) is 0 Å². The fraction of sp³-hybridized carbons (Fsp3) is 0.900. The Balaban J connectivity index is 2.06. The van der Waals surface area contributed by atoms with E-state index in [4.69, 9.17) is 4.89 Å². The predicted octanol–water partition coefficient (Wildman–Crippen LogP) is 6.22. The van der Waals surface area contributed by atoms with Crippen molar-refractivity contribution in [2.75, 3.05) is 0 Å². The highest BCUT2D eigenvalue weighted by Crippen LogP contribution is 2.48. The van der Waals surface area contributed by atoms with Crippen LogP contribution in [0.5, 0.6) is 0 Å². The third-order valence-electron chi connectivity index (χ3n) is 6.41. The normalized spacial score (nSPS) is 34.4. The summed E-state index contributed by atoms with van der Waals surface area (Å²) in [4.78, 5) is 5.13. The SMILES string of the molecule is CC(C)(C)C1CC=C(C2(OO)CCC(C(C)(C)C)CC2)CC1. The van der Waals surface area contributed by atoms with E-state index in [1.807, 2.05) is 0 Å². The van der Waals surface area contributed by atoms with Crippen LogP contribution in [0.4, 0.5) is 0 Å². The summed E-state index contributed by atoms with van der Waals surface area (Å²) in [6.45, 7) is 14.0. The molecule has 2 heteroatoms. The molecule has 0 aromatic rings. The molecule has 2 nitrogen and oxygen atoms in total. The van der Waals surface area contributed by atoms with Gasteiger partial charge in [0.15, 0.2) is 0 Å². The second-order valence-corrected chi connectivity index (χ2v) is 9.79. The van der Waals surface area contributed by atoms with E-state index in [0.717, 1.165) is 50.4 Å². The van der Waals surface area contributed by atoms with Crippen LogP contribution in [0.15, 0.2) is 11.6 Å². The topological polar surface area (TPSA) is 29.5 Å². The summed E-state index contributed by atoms with van der Waals surface area (Å²) in [6, 6.07) is 0. The molecular weight excluding hydrogens is 272 g/mol. The maximum Gasteiger partial charge on any atom is 0.124 e. The molecule has 128 valence electrons. The monoisotopic (exact) mass is 308 g/mol. The molecule has 2 aliphatic rings. The zero-order valence-corrected chi connectivity index (χ0v) is 15.5. The second kappa shape index (κ2) is 6.28. The first-order chi connectivity index (χ1) is 10.1. The third-order valence-corrected chi connectivity index (χ3v) is 6.41. The molecule has 0 aliphatic heterocycles. The lowest BCUT2D eigenvalue weighted by Gasteiger charge is -2.45. The lowest BCUT2D eigenvalue weighted by Crippen LogP contribution is -2.42. The summed E-state index contributed by atoms with van der Waals surface area (Å²) in [6.07, 6.45) is 10.1. The van der Waals surface area contributed by atoms with E-state index in [2.05, 4.69) is 47.6 Å². The maximum absolute atomic E-state index is 9.67. The summed E-state index contributed by atoms with van der Waals surface area (Å²) in [5.74, 6) is 1.49. The molecule has 0 aromatic carbocycles. The molecule has 1 unspecified atom stereocenters. The zero-order chi connectivity index (χ0) is 16.6. The van der Waals surface area contributed by atoms with Crippen LogP contribution in [0.1, 0.15) is 86.5 Å². The number of allylic oxidation sites excluding steroid dienone is 1. The quantitative estimate of drug-likeness (QED) is 0.372. The Kier molecular flexibility index (Phi) is 5.14. The highest BCUT2D eigenvalue weighted by Gasteiger charge is 2.43. The van der Waals surface area contributed by atoms with Gasteiger partial charge in [-0.1, -0.05) is 47.6 Å². The minimum absolute atomic E-state index is 0.361. The third kappa shape index (κ3) is 3.76. The highest BCUT2D eigenvalue weighted by atomic mass is 17.1. The van der Waals surface area contributed by atoms with Gasteiger partial charge in [-0.3, -0.25) is 5.26 Å². The summed E-state index contributed by atoms with van der Waals surface area (Å²) in [5, 5.41) is 9.67. The Hall–Kier alpha value is -0.340. The summed E-state index contributed by atoms with van der Waals surface area (Å²) in [7, 11) is 0. The van der Waals surface area contributed by atoms with Gasteiger partial charge in [-0.05, 0) is 73.2 Å². The zero-order valence-electron chi connectivity index (χ0n) is 15.5. The van der Waals surface area contributed by atoms with Gasteiger partial charge in [0.2, 0.25) is 0 Å². The van der Waals surface area contributed by atoms with Crippen molar-refractivity contribution in [1.29, 1.82) is 0 Å². The fourth-order valence-corrected chi connectivity index (χ4v) is 4.46. The van der Waals surface area contributed by atoms with Crippen molar-refractivity contribution in [3.05, 3.63) is 11.6 Å². The summed E-state index contributed by atoms with van der Waals surface area (Å²) in [5.41, 5.74) is 1.71. The molecule has 0 aromatic heterocycles. The first-order valence-corrected chi connectivity index (χ1v) is 9.10. The number of hydrogen-bond donors (Lipinski definition) is 1. The van der Waals surface area contributed by atoms with E-state index >= 15 is 0 Å². The molecule has 2 rings (SSSR count). The Morgan fingerprint density at radius 3 is 1.86 bits per heavy atom. The largest absolute Gasteiger partial charge is 0.251 e. The first-order valence-electron chi connectivity index (χ1n) is 9.10. The van der Waals surface area contributed by atoms with Crippen LogP contribution in [0.25, 0.3) is 0 Å². The van der Waals surface area contributed by atoms with Crippen molar-refractivity contribution in [3.63, 3.8) is 0 Å². The molecule has 22 heavy (non-hydrogen) atoms. The summed E-state index contributed by atoms with van der Waals surface area (Å²) < 4.78 is 0. The lowest BCUT2D eigenvalue weighted by molar-refractivity contribution is -0.321. The van der Waals surface area contributed by atoms with E-state index in [9.17, 15) is 5.26 Å². The van der Waals surface area contributed by atoms with Crippen molar-refractivity contribution >= 4 is 0 Å². The molecular formula is C20H36O2. The van der Waals surface area contributed by atoms with Crippen molar-refractivity contribution in [1.82, 2.24) is 0 Å². The first kappa shape index (κ1) is 18.0. The lowest BCUT2D eigenvalue weighted by atomic mass is 9.64. The van der Waals surface area contributed by atoms with Gasteiger partial charge < -0.3 is 0 Å². The minimum atomic E-state index is -0.384. The predicted molar refractivity (Wildman–Crippen MR) is 92.7 cm³/mol. The van der Waals surface area contributed by atoms with Crippen LogP contribution in [0.3, 0.4) is 0 Å². The molecule has 1 saturated carbocycles. The molecule has 0 heterocycles. The van der Waals surface area contributed by atoms with Gasteiger partial charge in [0.1, 0.15) is 5.60 Å². The molecule has 0 bridgehead atoms. The van der Waals surface area contributed by atoms with Gasteiger partial charge >= 0.3 is 0 Å². The molecule has 1 fully saturated rings. The van der Waals surface area contributed by atoms with Crippen LogP contribution < -0.4 is 0 Å². The highest BCUT2D eigenvalue weighted by molar-refractivity contribution is 5.21. The van der Waals surface area contributed by atoms with E-state index in [1.54, 1.807) is 0 Å². The van der Waals surface area contributed by atoms with Crippen molar-refractivity contribution in [2.45, 2.75) is 92.1 Å². The van der Waals surface area contributed by atoms with Crippen molar-refractivity contribution in [3.8, 4) is 0 Å². The molecule has 0 radical (unpaired) electrons. The van der Waals surface area contributed by atoms with Crippen LogP contribution in [0, 0.1) is 22.7 Å². The van der Waals surface area contributed by atoms with Gasteiger partial charge in [0.25, 0.3) is 0 Å². The minimum Gasteiger partial charge on any atom is -0.251 e. The van der Waals surface area contributed by atoms with Crippen LogP contribution in [-0.2, 0) is 4.89 Å². The summed E-state index contributed by atoms with van der Waals surface area (Å²) >= 11 is 0. The smallest absolute Gasteiger partial charge is 0.124 e. The number of rotatable bonds is 2. The Morgan fingerprint density at radius 1 is 0.955 bits per heavy atom. The standard InChI is InChI=1S/C20H36O2/c1-18(2,3)15-7-9-17(10-8-15)20(22-21)13-11-16(12-14-20)19(4,5)6/h9,15-16,21H,7-8,10-14H2,1-6H3. The molecule has 0 amide bonds.